The molecule has 1 fully saturated rings. The minimum atomic E-state index is 0.815. The molecule has 2 rings (SSSR count). The summed E-state index contributed by atoms with van der Waals surface area (Å²) in [4.78, 5) is 2.48. The predicted molar refractivity (Wildman–Crippen MR) is 82.6 cm³/mol. The van der Waals surface area contributed by atoms with Crippen LogP contribution in [0.5, 0.6) is 5.75 Å². The number of nitrogens with zero attached hydrogens (tertiary/aromatic N) is 1. The van der Waals surface area contributed by atoms with Crippen LogP contribution in [0.15, 0.2) is 12.1 Å². The molecule has 1 aliphatic rings. The summed E-state index contributed by atoms with van der Waals surface area (Å²) in [7, 11) is 0. The molecule has 1 heterocycles. The number of aryl methyl sites for hydroxylation is 3. The lowest BCUT2D eigenvalue weighted by Gasteiger charge is -2.26. The molecule has 0 aliphatic carbocycles. The van der Waals surface area contributed by atoms with E-state index in [4.69, 9.17) is 9.47 Å². The maximum atomic E-state index is 5.97. The molecule has 112 valence electrons. The number of unbranched alkanes of at least 4 members (excludes halogenated alkanes) is 1. The van der Waals surface area contributed by atoms with Gasteiger partial charge in [-0.3, -0.25) is 4.90 Å². The minimum Gasteiger partial charge on any atom is -0.493 e. The Balaban J connectivity index is 1.68. The van der Waals surface area contributed by atoms with E-state index < -0.39 is 0 Å². The summed E-state index contributed by atoms with van der Waals surface area (Å²) < 4.78 is 11.3. The van der Waals surface area contributed by atoms with Crippen molar-refractivity contribution in [2.45, 2.75) is 33.6 Å². The van der Waals surface area contributed by atoms with Crippen LogP contribution in [0.3, 0.4) is 0 Å². The van der Waals surface area contributed by atoms with Gasteiger partial charge < -0.3 is 9.47 Å². The van der Waals surface area contributed by atoms with Crippen LogP contribution in [0, 0.1) is 20.8 Å². The van der Waals surface area contributed by atoms with Gasteiger partial charge in [0.2, 0.25) is 0 Å². The first kappa shape index (κ1) is 15.3. The summed E-state index contributed by atoms with van der Waals surface area (Å²) in [6, 6.07) is 4.38. The predicted octanol–water partition coefficient (Wildman–Crippen LogP) is 3.10. The maximum Gasteiger partial charge on any atom is 0.125 e. The Bertz CT molecular complexity index is 402. The first-order valence-corrected chi connectivity index (χ1v) is 7.67. The Morgan fingerprint density at radius 3 is 2.35 bits per heavy atom. The highest BCUT2D eigenvalue weighted by molar-refractivity contribution is 5.42. The minimum absolute atomic E-state index is 0.815. The number of rotatable bonds is 6. The Morgan fingerprint density at radius 1 is 1.05 bits per heavy atom. The molecule has 0 bridgehead atoms. The molecule has 1 aromatic carbocycles. The summed E-state index contributed by atoms with van der Waals surface area (Å²) >= 11 is 0. The van der Waals surface area contributed by atoms with E-state index in [-0.39, 0.29) is 0 Å². The van der Waals surface area contributed by atoms with Crippen LogP contribution < -0.4 is 4.74 Å². The third kappa shape index (κ3) is 4.50. The molecule has 0 atom stereocenters. The van der Waals surface area contributed by atoms with Crippen LogP contribution >= 0.6 is 0 Å². The van der Waals surface area contributed by atoms with Gasteiger partial charge in [0, 0.05) is 13.1 Å². The van der Waals surface area contributed by atoms with Crippen LogP contribution in [0.25, 0.3) is 0 Å². The van der Waals surface area contributed by atoms with Crippen molar-refractivity contribution in [3.8, 4) is 5.75 Å². The van der Waals surface area contributed by atoms with Crippen molar-refractivity contribution in [2.24, 2.45) is 0 Å². The highest BCUT2D eigenvalue weighted by Crippen LogP contribution is 2.24. The average molecular weight is 277 g/mol. The molecule has 3 nitrogen and oxygen atoms in total. The second-order valence-corrected chi connectivity index (χ2v) is 5.74. The van der Waals surface area contributed by atoms with E-state index in [1.165, 1.54) is 29.7 Å². The molecule has 0 N–H and O–H groups in total. The molecule has 0 amide bonds. The van der Waals surface area contributed by atoms with Crippen molar-refractivity contribution in [2.75, 3.05) is 39.5 Å². The van der Waals surface area contributed by atoms with Crippen LogP contribution in [0.2, 0.25) is 0 Å². The quantitative estimate of drug-likeness (QED) is 0.746. The summed E-state index contributed by atoms with van der Waals surface area (Å²) in [6.45, 7) is 12.3. The number of hydrogen-bond donors (Lipinski definition) is 0. The average Bonchev–Trinajstić information content (AvgIpc) is 2.42. The van der Waals surface area contributed by atoms with Crippen LogP contribution in [0.4, 0.5) is 0 Å². The fourth-order valence-electron chi connectivity index (χ4n) is 2.83. The Morgan fingerprint density at radius 2 is 1.70 bits per heavy atom. The van der Waals surface area contributed by atoms with Crippen LogP contribution in [-0.4, -0.2) is 44.4 Å². The zero-order valence-electron chi connectivity index (χ0n) is 13.1. The van der Waals surface area contributed by atoms with Crippen molar-refractivity contribution in [3.63, 3.8) is 0 Å². The second kappa shape index (κ2) is 7.65. The second-order valence-electron chi connectivity index (χ2n) is 5.74. The van der Waals surface area contributed by atoms with Crippen molar-refractivity contribution in [1.82, 2.24) is 4.90 Å². The summed E-state index contributed by atoms with van der Waals surface area (Å²) in [5.74, 6) is 1.07. The lowest BCUT2D eigenvalue weighted by Crippen LogP contribution is -2.36. The molecular formula is C17H27NO2. The molecule has 20 heavy (non-hydrogen) atoms. The fourth-order valence-corrected chi connectivity index (χ4v) is 2.83. The largest absolute Gasteiger partial charge is 0.493 e. The van der Waals surface area contributed by atoms with E-state index in [0.29, 0.717) is 0 Å². The van der Waals surface area contributed by atoms with Gasteiger partial charge in [-0.05, 0) is 51.3 Å². The monoisotopic (exact) mass is 277 g/mol. The topological polar surface area (TPSA) is 21.7 Å². The van der Waals surface area contributed by atoms with E-state index in [0.717, 1.165) is 45.1 Å². The van der Waals surface area contributed by atoms with Gasteiger partial charge in [-0.25, -0.2) is 0 Å². The van der Waals surface area contributed by atoms with Gasteiger partial charge in [0.05, 0.1) is 19.8 Å². The highest BCUT2D eigenvalue weighted by Gasteiger charge is 2.09. The van der Waals surface area contributed by atoms with E-state index in [1.54, 1.807) is 0 Å². The molecule has 0 unspecified atom stereocenters. The SMILES string of the molecule is Cc1cc(C)c(OCCCCN2CCOCC2)c(C)c1. The smallest absolute Gasteiger partial charge is 0.125 e. The van der Waals surface area contributed by atoms with Crippen molar-refractivity contribution in [3.05, 3.63) is 28.8 Å². The van der Waals surface area contributed by atoms with E-state index in [1.807, 2.05) is 0 Å². The standard InChI is InChI=1S/C17H27NO2/c1-14-12-15(2)17(16(3)13-14)20-9-5-4-6-18-7-10-19-11-8-18/h12-13H,4-11H2,1-3H3. The molecular weight excluding hydrogens is 250 g/mol. The number of benzene rings is 1. The van der Waals surface area contributed by atoms with Crippen molar-refractivity contribution in [1.29, 1.82) is 0 Å². The molecule has 3 heteroatoms. The molecule has 0 radical (unpaired) electrons. The molecule has 1 saturated heterocycles. The molecule has 0 aromatic heterocycles. The van der Waals surface area contributed by atoms with Gasteiger partial charge in [0.25, 0.3) is 0 Å². The van der Waals surface area contributed by atoms with E-state index >= 15 is 0 Å². The molecule has 0 spiro atoms. The third-order valence-corrected chi connectivity index (χ3v) is 3.82. The summed E-state index contributed by atoms with van der Waals surface area (Å²) in [6.07, 6.45) is 2.31. The molecule has 1 aromatic rings. The first-order chi connectivity index (χ1) is 9.66. The Labute approximate surface area is 122 Å². The lowest BCUT2D eigenvalue weighted by molar-refractivity contribution is 0.0368. The first-order valence-electron chi connectivity index (χ1n) is 7.67. The van der Waals surface area contributed by atoms with Gasteiger partial charge in [0.15, 0.2) is 0 Å². The number of morpholine rings is 1. The van der Waals surface area contributed by atoms with E-state index in [9.17, 15) is 0 Å². The molecule has 0 saturated carbocycles. The van der Waals surface area contributed by atoms with Gasteiger partial charge in [-0.15, -0.1) is 0 Å². The fraction of sp³-hybridized carbons (Fsp3) is 0.647. The molecule has 1 aliphatic heterocycles. The van der Waals surface area contributed by atoms with Crippen LogP contribution in [0.1, 0.15) is 29.5 Å². The van der Waals surface area contributed by atoms with Crippen molar-refractivity contribution >= 4 is 0 Å². The highest BCUT2D eigenvalue weighted by atomic mass is 16.5. The zero-order chi connectivity index (χ0) is 14.4. The van der Waals surface area contributed by atoms with Crippen LogP contribution in [-0.2, 0) is 4.74 Å². The maximum absolute atomic E-state index is 5.97. The van der Waals surface area contributed by atoms with E-state index in [2.05, 4.69) is 37.8 Å². The zero-order valence-corrected chi connectivity index (χ0v) is 13.1. The Kier molecular flexibility index (Phi) is 5.86. The van der Waals surface area contributed by atoms with Gasteiger partial charge in [-0.2, -0.15) is 0 Å². The van der Waals surface area contributed by atoms with Gasteiger partial charge in [0.1, 0.15) is 5.75 Å². The summed E-state index contributed by atoms with van der Waals surface area (Å²) in [5, 5.41) is 0. The lowest BCUT2D eigenvalue weighted by atomic mass is 10.1. The van der Waals surface area contributed by atoms with Gasteiger partial charge >= 0.3 is 0 Å². The summed E-state index contributed by atoms with van der Waals surface area (Å²) in [5.41, 5.74) is 3.80. The number of hydrogen-bond acceptors (Lipinski definition) is 3. The number of ether oxygens (including phenoxy) is 2. The third-order valence-electron chi connectivity index (χ3n) is 3.82. The van der Waals surface area contributed by atoms with Gasteiger partial charge in [-0.1, -0.05) is 17.7 Å². The normalized spacial score (nSPS) is 16.4. The van der Waals surface area contributed by atoms with Crippen molar-refractivity contribution < 1.29 is 9.47 Å². The Hall–Kier alpha value is -1.06.